The number of hydrogen-bond acceptors (Lipinski definition) is 4. The van der Waals surface area contributed by atoms with E-state index in [4.69, 9.17) is 0 Å². The number of nitrogens with one attached hydrogen (secondary N) is 2. The summed E-state index contributed by atoms with van der Waals surface area (Å²) in [5.74, 6) is 0.792. The van der Waals surface area contributed by atoms with E-state index in [1.165, 1.54) is 16.0 Å². The van der Waals surface area contributed by atoms with Crippen molar-refractivity contribution in [1.29, 1.82) is 0 Å². The van der Waals surface area contributed by atoms with Gasteiger partial charge in [0.1, 0.15) is 5.01 Å². The van der Waals surface area contributed by atoms with Crippen LogP contribution in [0.1, 0.15) is 26.7 Å². The lowest BCUT2D eigenvalue weighted by Crippen LogP contribution is -2.36. The Kier molecular flexibility index (Phi) is 9.37. The highest BCUT2D eigenvalue weighted by Gasteiger charge is 2.06. The van der Waals surface area contributed by atoms with Crippen LogP contribution in [0.15, 0.2) is 29.3 Å². The molecule has 7 heteroatoms. The molecule has 5 nitrogen and oxygen atoms in total. The summed E-state index contributed by atoms with van der Waals surface area (Å²) in [6, 6.07) is 8.50. The van der Waals surface area contributed by atoms with Crippen LogP contribution in [0.4, 0.5) is 0 Å². The van der Waals surface area contributed by atoms with E-state index < -0.39 is 0 Å². The normalized spacial score (nSPS) is 11.4. The third kappa shape index (κ3) is 6.91. The molecule has 0 bridgehead atoms. The Morgan fingerprint density at radius 1 is 1.12 bits per heavy atom. The molecule has 138 valence electrons. The molecule has 0 amide bonds. The minimum Gasteiger partial charge on any atom is -0.352 e. The van der Waals surface area contributed by atoms with Crippen LogP contribution in [-0.2, 0) is 19.6 Å². The van der Waals surface area contributed by atoms with Gasteiger partial charge in [0, 0.05) is 25.0 Å². The molecule has 1 aromatic carbocycles. The van der Waals surface area contributed by atoms with Crippen LogP contribution in [-0.4, -0.2) is 37.0 Å². The lowest BCUT2D eigenvalue weighted by molar-refractivity contribution is 0.400. The van der Waals surface area contributed by atoms with E-state index in [0.29, 0.717) is 6.54 Å². The molecule has 1 aromatic heterocycles. The summed E-state index contributed by atoms with van der Waals surface area (Å²) in [7, 11) is 5.96. The van der Waals surface area contributed by atoms with Gasteiger partial charge in [0.05, 0.1) is 12.2 Å². The highest BCUT2D eigenvalue weighted by molar-refractivity contribution is 14.0. The van der Waals surface area contributed by atoms with E-state index in [9.17, 15) is 0 Å². The Bertz CT molecular complexity index is 677. The third-order valence-corrected chi connectivity index (χ3v) is 4.83. The molecular formula is C18H28IN5S. The molecule has 0 aliphatic rings. The van der Waals surface area contributed by atoms with Gasteiger partial charge in [0.25, 0.3) is 0 Å². The lowest BCUT2D eigenvalue weighted by atomic mass is 10.1. The van der Waals surface area contributed by atoms with Gasteiger partial charge in [-0.2, -0.15) is 0 Å². The number of aryl methyl sites for hydroxylation is 2. The fourth-order valence-corrected chi connectivity index (χ4v) is 3.27. The van der Waals surface area contributed by atoms with Crippen molar-refractivity contribution in [3.05, 3.63) is 51.0 Å². The van der Waals surface area contributed by atoms with Gasteiger partial charge in [-0.25, -0.2) is 4.98 Å². The van der Waals surface area contributed by atoms with Crippen LogP contribution in [0.3, 0.4) is 0 Å². The number of aromatic nitrogens is 1. The van der Waals surface area contributed by atoms with Gasteiger partial charge in [-0.3, -0.25) is 4.99 Å². The molecule has 0 saturated carbocycles. The minimum atomic E-state index is 0. The largest absolute Gasteiger partial charge is 0.352 e. The fourth-order valence-electron chi connectivity index (χ4n) is 2.40. The molecule has 0 fully saturated rings. The van der Waals surface area contributed by atoms with Crippen LogP contribution in [0.2, 0.25) is 0 Å². The van der Waals surface area contributed by atoms with E-state index in [0.717, 1.165) is 29.8 Å². The standard InChI is InChI=1S/C18H27N5S.HI/c1-13-14(2)24-17(22-13)11-21-18(19-3)20-10-15-8-6-7-9-16(15)12-23(4)5;/h6-9H,10-12H2,1-5H3,(H2,19,20,21);1H. The van der Waals surface area contributed by atoms with Crippen molar-refractivity contribution in [2.75, 3.05) is 21.1 Å². The lowest BCUT2D eigenvalue weighted by Gasteiger charge is -2.16. The Morgan fingerprint density at radius 3 is 2.32 bits per heavy atom. The molecule has 1 heterocycles. The predicted octanol–water partition coefficient (Wildman–Crippen LogP) is 3.30. The van der Waals surface area contributed by atoms with Gasteiger partial charge in [-0.1, -0.05) is 24.3 Å². The number of rotatable bonds is 6. The van der Waals surface area contributed by atoms with E-state index in [1.54, 1.807) is 18.4 Å². The van der Waals surface area contributed by atoms with Crippen LogP contribution in [0.5, 0.6) is 0 Å². The van der Waals surface area contributed by atoms with E-state index in [1.807, 2.05) is 6.92 Å². The molecule has 0 aliphatic heterocycles. The Morgan fingerprint density at radius 2 is 1.76 bits per heavy atom. The van der Waals surface area contributed by atoms with Crippen molar-refractivity contribution >= 4 is 41.3 Å². The van der Waals surface area contributed by atoms with E-state index in [-0.39, 0.29) is 24.0 Å². The molecule has 0 saturated heterocycles. The number of guanidine groups is 1. The highest BCUT2D eigenvalue weighted by atomic mass is 127. The Labute approximate surface area is 172 Å². The van der Waals surface area contributed by atoms with Gasteiger partial charge >= 0.3 is 0 Å². The number of thiazole rings is 1. The minimum absolute atomic E-state index is 0. The predicted molar refractivity (Wildman–Crippen MR) is 118 cm³/mol. The van der Waals surface area contributed by atoms with Crippen molar-refractivity contribution in [2.45, 2.75) is 33.5 Å². The number of aliphatic imine (C=N–C) groups is 1. The maximum Gasteiger partial charge on any atom is 0.191 e. The summed E-state index contributed by atoms with van der Waals surface area (Å²) in [5.41, 5.74) is 3.73. The smallest absolute Gasteiger partial charge is 0.191 e. The summed E-state index contributed by atoms with van der Waals surface area (Å²) >= 11 is 1.73. The SMILES string of the molecule is CN=C(NCc1nc(C)c(C)s1)NCc1ccccc1CN(C)C.I. The molecule has 0 unspecified atom stereocenters. The average Bonchev–Trinajstić information content (AvgIpc) is 2.87. The molecule has 0 radical (unpaired) electrons. The zero-order valence-corrected chi connectivity index (χ0v) is 18.7. The van der Waals surface area contributed by atoms with Crippen molar-refractivity contribution < 1.29 is 0 Å². The second-order valence-corrected chi connectivity index (χ2v) is 7.32. The fraction of sp³-hybridized carbons (Fsp3) is 0.444. The Balaban J connectivity index is 0.00000312. The van der Waals surface area contributed by atoms with Crippen LogP contribution >= 0.6 is 35.3 Å². The zero-order valence-electron chi connectivity index (χ0n) is 15.6. The molecule has 0 atom stereocenters. The molecule has 2 rings (SSSR count). The zero-order chi connectivity index (χ0) is 17.5. The van der Waals surface area contributed by atoms with Crippen molar-refractivity contribution in [1.82, 2.24) is 20.5 Å². The first-order valence-electron chi connectivity index (χ1n) is 8.08. The van der Waals surface area contributed by atoms with Gasteiger partial charge < -0.3 is 15.5 Å². The Hall–Kier alpha value is -1.19. The van der Waals surface area contributed by atoms with Gasteiger partial charge in [-0.05, 0) is 39.1 Å². The summed E-state index contributed by atoms with van der Waals surface area (Å²) < 4.78 is 0. The molecule has 0 aliphatic carbocycles. The third-order valence-electron chi connectivity index (χ3n) is 3.75. The molecular weight excluding hydrogens is 445 g/mol. The first-order valence-corrected chi connectivity index (χ1v) is 8.90. The summed E-state index contributed by atoms with van der Waals surface area (Å²) in [6.45, 7) is 6.52. The van der Waals surface area contributed by atoms with Gasteiger partial charge in [0.2, 0.25) is 0 Å². The first-order chi connectivity index (χ1) is 11.5. The average molecular weight is 473 g/mol. The number of hydrogen-bond donors (Lipinski definition) is 2. The second-order valence-electron chi connectivity index (χ2n) is 6.04. The number of benzene rings is 1. The maximum atomic E-state index is 4.55. The monoisotopic (exact) mass is 473 g/mol. The van der Waals surface area contributed by atoms with Crippen LogP contribution < -0.4 is 10.6 Å². The highest BCUT2D eigenvalue weighted by Crippen LogP contribution is 2.16. The van der Waals surface area contributed by atoms with Crippen LogP contribution in [0.25, 0.3) is 0 Å². The summed E-state index contributed by atoms with van der Waals surface area (Å²) in [5, 5.41) is 7.81. The van der Waals surface area contributed by atoms with Crippen LogP contribution in [0, 0.1) is 13.8 Å². The van der Waals surface area contributed by atoms with Gasteiger partial charge in [-0.15, -0.1) is 35.3 Å². The molecule has 2 aromatic rings. The quantitative estimate of drug-likeness (QED) is 0.384. The molecule has 2 N–H and O–H groups in total. The van der Waals surface area contributed by atoms with Gasteiger partial charge in [0.15, 0.2) is 5.96 Å². The van der Waals surface area contributed by atoms with Crippen molar-refractivity contribution in [3.8, 4) is 0 Å². The van der Waals surface area contributed by atoms with E-state index >= 15 is 0 Å². The first kappa shape index (κ1) is 21.9. The summed E-state index contributed by atoms with van der Waals surface area (Å²) in [4.78, 5) is 12.3. The topological polar surface area (TPSA) is 52.6 Å². The maximum absolute atomic E-state index is 4.55. The molecule has 0 spiro atoms. The van der Waals surface area contributed by atoms with Crippen molar-refractivity contribution in [3.63, 3.8) is 0 Å². The molecule has 25 heavy (non-hydrogen) atoms. The van der Waals surface area contributed by atoms with Crippen molar-refractivity contribution in [2.24, 2.45) is 4.99 Å². The van der Waals surface area contributed by atoms with E-state index in [2.05, 4.69) is 70.8 Å². The summed E-state index contributed by atoms with van der Waals surface area (Å²) in [6.07, 6.45) is 0. The number of nitrogens with zero attached hydrogens (tertiary/aromatic N) is 3. The number of halogens is 1. The second kappa shape index (κ2) is 10.7.